The van der Waals surface area contributed by atoms with Crippen LogP contribution >= 0.6 is 0 Å². The third kappa shape index (κ3) is 4.61. The Bertz CT molecular complexity index is 386. The molecule has 0 aromatic heterocycles. The molecule has 0 amide bonds. The predicted octanol–water partition coefficient (Wildman–Crippen LogP) is -0.570. The number of nitrogens with zero attached hydrogens (tertiary/aromatic N) is 1. The minimum atomic E-state index is 0.0856. The van der Waals surface area contributed by atoms with Crippen LogP contribution < -0.4 is 16.6 Å². The Hall–Kier alpha value is -2.10. The van der Waals surface area contributed by atoms with Crippen molar-refractivity contribution in [3.63, 3.8) is 0 Å². The highest BCUT2D eigenvalue weighted by Crippen LogP contribution is 2.00. The summed E-state index contributed by atoms with van der Waals surface area (Å²) in [7, 11) is 0. The Kier molecular flexibility index (Phi) is 4.09. The summed E-state index contributed by atoms with van der Waals surface area (Å²) >= 11 is 0. The van der Waals surface area contributed by atoms with Crippen molar-refractivity contribution in [3.05, 3.63) is 42.0 Å². The summed E-state index contributed by atoms with van der Waals surface area (Å²) in [6, 6.07) is 9.97. The van der Waals surface area contributed by atoms with Gasteiger partial charge >= 0.3 is 5.96 Å². The Morgan fingerprint density at radius 2 is 1.93 bits per heavy atom. The van der Waals surface area contributed by atoms with E-state index in [9.17, 15) is 0 Å². The molecule has 0 aliphatic carbocycles. The maximum absolute atomic E-state index is 5.20. The highest BCUT2D eigenvalue weighted by atomic mass is 15.3. The second kappa shape index (κ2) is 5.59. The van der Waals surface area contributed by atoms with Crippen LogP contribution in [0.1, 0.15) is 12.5 Å². The lowest BCUT2D eigenvalue weighted by molar-refractivity contribution is -0.464. The van der Waals surface area contributed by atoms with Crippen LogP contribution in [0.5, 0.6) is 0 Å². The molecule has 0 spiro atoms. The standard InChI is InChI=1S/C11H14N4/c1-9(14-15-11(12)13)7-8-10-5-3-2-4-6-10/h2-8H,1H3,(H4,12,13,15)/p+1/b8-7+,14-9-. The fourth-order valence-electron chi connectivity index (χ4n) is 0.971. The van der Waals surface area contributed by atoms with E-state index in [1.54, 1.807) is 0 Å². The van der Waals surface area contributed by atoms with Crippen LogP contribution in [0.4, 0.5) is 0 Å². The van der Waals surface area contributed by atoms with Gasteiger partial charge in [0, 0.05) is 0 Å². The van der Waals surface area contributed by atoms with E-state index >= 15 is 0 Å². The van der Waals surface area contributed by atoms with Gasteiger partial charge in [-0.25, -0.2) is 0 Å². The van der Waals surface area contributed by atoms with Crippen LogP contribution in [0.15, 0.2) is 41.5 Å². The van der Waals surface area contributed by atoms with Gasteiger partial charge in [-0.3, -0.25) is 11.5 Å². The van der Waals surface area contributed by atoms with Crippen molar-refractivity contribution in [1.29, 1.82) is 0 Å². The van der Waals surface area contributed by atoms with E-state index in [0.29, 0.717) is 0 Å². The van der Waals surface area contributed by atoms with E-state index in [-0.39, 0.29) is 5.96 Å². The Balaban J connectivity index is 2.66. The van der Waals surface area contributed by atoms with Crippen molar-refractivity contribution in [1.82, 2.24) is 0 Å². The van der Waals surface area contributed by atoms with Gasteiger partial charge in [0.1, 0.15) is 0 Å². The number of benzene rings is 1. The van der Waals surface area contributed by atoms with E-state index in [4.69, 9.17) is 11.5 Å². The van der Waals surface area contributed by atoms with Crippen molar-refractivity contribution in [2.24, 2.45) is 16.6 Å². The van der Waals surface area contributed by atoms with Gasteiger partial charge < -0.3 is 0 Å². The Morgan fingerprint density at radius 1 is 1.27 bits per heavy atom. The van der Waals surface area contributed by atoms with Gasteiger partial charge in [0.05, 0.1) is 5.71 Å². The largest absolute Gasteiger partial charge is 0.362 e. The molecule has 0 aliphatic heterocycles. The lowest BCUT2D eigenvalue weighted by atomic mass is 10.2. The molecule has 1 aromatic rings. The van der Waals surface area contributed by atoms with Crippen LogP contribution in [0.2, 0.25) is 0 Å². The molecule has 1 aromatic carbocycles. The molecule has 5 N–H and O–H groups in total. The number of nitrogens with two attached hydrogens (primary N) is 2. The molecule has 0 atom stereocenters. The molecule has 0 radical (unpaired) electrons. The summed E-state index contributed by atoms with van der Waals surface area (Å²) in [6.07, 6.45) is 3.85. The predicted molar refractivity (Wildman–Crippen MR) is 62.9 cm³/mol. The zero-order valence-corrected chi connectivity index (χ0v) is 8.64. The quantitative estimate of drug-likeness (QED) is 0.349. The third-order valence-corrected chi connectivity index (χ3v) is 1.68. The maximum atomic E-state index is 5.20. The Labute approximate surface area is 89.0 Å². The van der Waals surface area contributed by atoms with Crippen molar-refractivity contribution in [2.45, 2.75) is 6.92 Å². The van der Waals surface area contributed by atoms with Gasteiger partial charge in [-0.15, -0.1) is 5.10 Å². The first kappa shape index (κ1) is 11.0. The summed E-state index contributed by atoms with van der Waals surface area (Å²) in [5.41, 5.74) is 12.3. The number of rotatable bonds is 3. The first-order chi connectivity index (χ1) is 7.18. The number of hydrogen-bond acceptors (Lipinski definition) is 1. The van der Waals surface area contributed by atoms with Gasteiger partial charge in [-0.1, -0.05) is 36.4 Å². The molecule has 78 valence electrons. The van der Waals surface area contributed by atoms with E-state index < -0.39 is 0 Å². The topological polar surface area (TPSA) is 78.4 Å². The van der Waals surface area contributed by atoms with Crippen LogP contribution in [0, 0.1) is 0 Å². The van der Waals surface area contributed by atoms with Gasteiger partial charge in [0.25, 0.3) is 0 Å². The SMILES string of the molecule is CC(/C=C/c1ccccc1)=N/[NH+]=C(N)N. The number of hydrogen-bond donors (Lipinski definition) is 3. The lowest BCUT2D eigenvalue weighted by Crippen LogP contribution is -2.72. The molecule has 0 saturated heterocycles. The molecule has 0 bridgehead atoms. The maximum Gasteiger partial charge on any atom is 0.362 e. The summed E-state index contributed by atoms with van der Waals surface area (Å²) in [5.74, 6) is 0.0856. The smallest absolute Gasteiger partial charge is 0.289 e. The second-order valence-electron chi connectivity index (χ2n) is 3.06. The first-order valence-electron chi connectivity index (χ1n) is 4.60. The third-order valence-electron chi connectivity index (χ3n) is 1.68. The zero-order valence-electron chi connectivity index (χ0n) is 8.64. The minimum Gasteiger partial charge on any atom is -0.289 e. The molecule has 0 aliphatic rings. The fourth-order valence-corrected chi connectivity index (χ4v) is 0.971. The van der Waals surface area contributed by atoms with Gasteiger partial charge in [-0.2, -0.15) is 5.10 Å². The number of hydrazone groups is 1. The summed E-state index contributed by atoms with van der Waals surface area (Å²) in [6.45, 7) is 1.86. The fraction of sp³-hybridized carbons (Fsp3) is 0.0909. The minimum absolute atomic E-state index is 0.0856. The average molecular weight is 203 g/mol. The van der Waals surface area contributed by atoms with Crippen molar-refractivity contribution in [2.75, 3.05) is 0 Å². The zero-order chi connectivity index (χ0) is 11.1. The molecule has 0 fully saturated rings. The molecular weight excluding hydrogens is 188 g/mol. The van der Waals surface area contributed by atoms with Gasteiger partial charge in [0.15, 0.2) is 0 Å². The van der Waals surface area contributed by atoms with Crippen LogP contribution in [0.3, 0.4) is 0 Å². The molecule has 4 nitrogen and oxygen atoms in total. The van der Waals surface area contributed by atoms with Crippen LogP contribution in [-0.2, 0) is 0 Å². The lowest BCUT2D eigenvalue weighted by Gasteiger charge is -1.90. The number of guanidine groups is 1. The number of nitrogens with one attached hydrogen (secondary N) is 1. The molecule has 1 rings (SSSR count). The Morgan fingerprint density at radius 3 is 2.53 bits per heavy atom. The summed E-state index contributed by atoms with van der Waals surface area (Å²) in [4.78, 5) is 0. The van der Waals surface area contributed by atoms with Crippen molar-refractivity contribution in [3.8, 4) is 0 Å². The van der Waals surface area contributed by atoms with Gasteiger partial charge in [-0.05, 0) is 18.6 Å². The normalized spacial score (nSPS) is 11.7. The molecule has 0 unspecified atom stereocenters. The highest BCUT2D eigenvalue weighted by molar-refractivity contribution is 5.95. The molecule has 15 heavy (non-hydrogen) atoms. The number of allylic oxidation sites excluding steroid dienone is 1. The van der Waals surface area contributed by atoms with E-state index in [1.165, 1.54) is 0 Å². The summed E-state index contributed by atoms with van der Waals surface area (Å²) < 4.78 is 0. The van der Waals surface area contributed by atoms with Crippen LogP contribution in [-0.4, -0.2) is 11.7 Å². The molecule has 4 heteroatoms. The monoisotopic (exact) mass is 203 g/mol. The first-order valence-corrected chi connectivity index (χ1v) is 4.60. The van der Waals surface area contributed by atoms with E-state index in [1.807, 2.05) is 49.4 Å². The molecule has 0 heterocycles. The second-order valence-corrected chi connectivity index (χ2v) is 3.06. The average Bonchev–Trinajstić information content (AvgIpc) is 2.25. The van der Waals surface area contributed by atoms with Crippen LogP contribution in [0.25, 0.3) is 6.08 Å². The van der Waals surface area contributed by atoms with Gasteiger partial charge in [0.2, 0.25) is 0 Å². The molecular formula is C11H15N4+. The summed E-state index contributed by atoms with van der Waals surface area (Å²) in [5, 5.41) is 6.42. The van der Waals surface area contributed by atoms with E-state index in [2.05, 4.69) is 10.2 Å². The van der Waals surface area contributed by atoms with Crippen molar-refractivity contribution < 1.29 is 5.10 Å². The van der Waals surface area contributed by atoms with E-state index in [0.717, 1.165) is 11.3 Å². The van der Waals surface area contributed by atoms with Crippen molar-refractivity contribution >= 4 is 17.7 Å². The molecule has 0 saturated carbocycles. The highest BCUT2D eigenvalue weighted by Gasteiger charge is 1.87.